The molecule has 2 radical (unpaired) electrons. The highest BCUT2D eigenvalue weighted by Gasteiger charge is 1.45. The summed E-state index contributed by atoms with van der Waals surface area (Å²) in [5.74, 6) is 0. The topological polar surface area (TPSA) is 0 Å². The van der Waals surface area contributed by atoms with E-state index in [2.05, 4.69) is 13.5 Å². The minimum atomic E-state index is 0. The fraction of sp³-hybridized carbons (Fsp3) is 0.500. The molecule has 1 heteroatoms. The van der Waals surface area contributed by atoms with Crippen LogP contribution in [-0.2, 0) is 0 Å². The molecule has 0 nitrogen and oxygen atoms in total. The van der Waals surface area contributed by atoms with Crippen LogP contribution in [0.2, 0.25) is 0 Å². The Balaban J connectivity index is 0. The van der Waals surface area contributed by atoms with Gasteiger partial charge in [0.25, 0.3) is 0 Å². The molecule has 0 saturated carbocycles. The van der Waals surface area contributed by atoms with Gasteiger partial charge in [-0.05, 0) is 6.42 Å². The van der Waals surface area contributed by atoms with E-state index in [4.69, 9.17) is 0 Å². The first kappa shape index (κ1) is 8.92. The Morgan fingerprint density at radius 1 is 1.80 bits per heavy atom. The van der Waals surface area contributed by atoms with Crippen molar-refractivity contribution in [3.05, 3.63) is 12.7 Å². The lowest BCUT2D eigenvalue weighted by molar-refractivity contribution is 1.23. The highest BCUT2D eigenvalue weighted by molar-refractivity contribution is 7.59. The second-order valence-electron chi connectivity index (χ2n) is 0.697. The fourth-order valence-corrected chi connectivity index (χ4v) is 0. The van der Waals surface area contributed by atoms with Gasteiger partial charge in [-0.3, -0.25) is 0 Å². The standard InChI is InChI=1S/C4H8.S/c1-3-4-2;/h3H,1,4H2,2H3;. The third-order valence-corrected chi connectivity index (χ3v) is 0.289. The summed E-state index contributed by atoms with van der Waals surface area (Å²) in [5.41, 5.74) is 0. The molecule has 0 unspecified atom stereocenters. The van der Waals surface area contributed by atoms with Gasteiger partial charge in [-0.25, -0.2) is 0 Å². The van der Waals surface area contributed by atoms with E-state index in [-0.39, 0.29) is 13.5 Å². The van der Waals surface area contributed by atoms with Gasteiger partial charge in [0.15, 0.2) is 0 Å². The maximum atomic E-state index is 3.48. The predicted octanol–water partition coefficient (Wildman–Crippen LogP) is 2.23. The smallest absolute Gasteiger partial charge is 0 e. The van der Waals surface area contributed by atoms with Crippen LogP contribution in [0.15, 0.2) is 12.7 Å². The quantitative estimate of drug-likeness (QED) is 0.431. The highest BCUT2D eigenvalue weighted by atomic mass is 32.1. The maximum Gasteiger partial charge on any atom is 0 e. The van der Waals surface area contributed by atoms with E-state index in [1.807, 2.05) is 6.08 Å². The molecule has 0 aliphatic rings. The zero-order valence-electron chi connectivity index (χ0n) is 3.40. The lowest BCUT2D eigenvalue weighted by Gasteiger charge is -1.57. The molecule has 0 spiro atoms. The van der Waals surface area contributed by atoms with Crippen LogP contribution in [0, 0.1) is 0 Å². The molecule has 0 saturated heterocycles. The average molecular weight is 88.2 g/mol. The van der Waals surface area contributed by atoms with Crippen LogP contribution in [0.4, 0.5) is 0 Å². The van der Waals surface area contributed by atoms with E-state index < -0.39 is 0 Å². The third-order valence-electron chi connectivity index (χ3n) is 0.289. The van der Waals surface area contributed by atoms with Crippen LogP contribution in [0.25, 0.3) is 0 Å². The minimum Gasteiger partial charge on any atom is -0.103 e. The SMILES string of the molecule is C=CCC.[S]. The van der Waals surface area contributed by atoms with Crippen LogP contribution >= 0.6 is 13.5 Å². The minimum absolute atomic E-state index is 0. The molecule has 0 atom stereocenters. The number of hydrogen-bond acceptors (Lipinski definition) is 0. The molecule has 5 heavy (non-hydrogen) atoms. The third kappa shape index (κ3) is 15.0. The summed E-state index contributed by atoms with van der Waals surface area (Å²) in [6, 6.07) is 0. The number of hydrogen-bond donors (Lipinski definition) is 0. The first-order valence-electron chi connectivity index (χ1n) is 1.52. The van der Waals surface area contributed by atoms with E-state index in [0.29, 0.717) is 0 Å². The Labute approximate surface area is 40.3 Å². The highest BCUT2D eigenvalue weighted by Crippen LogP contribution is 1.66. The first-order valence-corrected chi connectivity index (χ1v) is 1.52. The summed E-state index contributed by atoms with van der Waals surface area (Å²) in [6.45, 7) is 5.54. The molecule has 0 aromatic rings. The Bertz CT molecular complexity index is 17.6. The summed E-state index contributed by atoms with van der Waals surface area (Å²) in [5, 5.41) is 0. The summed E-state index contributed by atoms with van der Waals surface area (Å²) in [6.07, 6.45) is 2.96. The molecular weight excluding hydrogens is 80.1 g/mol. The Morgan fingerprint density at radius 2 is 2.00 bits per heavy atom. The van der Waals surface area contributed by atoms with Crippen LogP contribution < -0.4 is 0 Å². The number of rotatable bonds is 1. The van der Waals surface area contributed by atoms with Gasteiger partial charge in [-0.2, -0.15) is 0 Å². The lowest BCUT2D eigenvalue weighted by Crippen LogP contribution is -1.36. The van der Waals surface area contributed by atoms with Gasteiger partial charge in [0.1, 0.15) is 0 Å². The molecule has 0 N–H and O–H groups in total. The van der Waals surface area contributed by atoms with E-state index >= 15 is 0 Å². The van der Waals surface area contributed by atoms with Gasteiger partial charge >= 0.3 is 0 Å². The molecule has 0 heterocycles. The van der Waals surface area contributed by atoms with Gasteiger partial charge in [-0.1, -0.05) is 13.0 Å². The molecule has 0 amide bonds. The van der Waals surface area contributed by atoms with Gasteiger partial charge in [0.05, 0.1) is 0 Å². The van der Waals surface area contributed by atoms with Gasteiger partial charge < -0.3 is 0 Å². The van der Waals surface area contributed by atoms with Crippen LogP contribution in [0.1, 0.15) is 13.3 Å². The molecule has 0 rings (SSSR count). The molecule has 0 aromatic heterocycles. The monoisotopic (exact) mass is 88.0 g/mol. The summed E-state index contributed by atoms with van der Waals surface area (Å²) >= 11 is 0. The molecule has 30 valence electrons. The number of allylic oxidation sites excluding steroid dienone is 1. The second kappa shape index (κ2) is 8.94. The Morgan fingerprint density at radius 3 is 2.00 bits per heavy atom. The summed E-state index contributed by atoms with van der Waals surface area (Å²) in [7, 11) is 0. The Kier molecular flexibility index (Phi) is 15.9. The fourth-order valence-electron chi connectivity index (χ4n) is 0. The van der Waals surface area contributed by atoms with Crippen molar-refractivity contribution in [1.29, 1.82) is 0 Å². The summed E-state index contributed by atoms with van der Waals surface area (Å²) in [4.78, 5) is 0. The molecule has 0 aliphatic carbocycles. The molecule has 0 aliphatic heterocycles. The predicted molar refractivity (Wildman–Crippen MR) is 28.1 cm³/mol. The average Bonchev–Trinajstić information content (AvgIpc) is 1.37. The van der Waals surface area contributed by atoms with Crippen molar-refractivity contribution in [2.45, 2.75) is 13.3 Å². The van der Waals surface area contributed by atoms with Gasteiger partial charge in [0, 0.05) is 13.5 Å². The van der Waals surface area contributed by atoms with Crippen molar-refractivity contribution < 1.29 is 0 Å². The molecule has 0 aromatic carbocycles. The zero-order valence-corrected chi connectivity index (χ0v) is 4.22. The normalized spacial score (nSPS) is 5.00. The van der Waals surface area contributed by atoms with Crippen LogP contribution in [0.3, 0.4) is 0 Å². The maximum absolute atomic E-state index is 3.48. The van der Waals surface area contributed by atoms with Gasteiger partial charge in [-0.15, -0.1) is 6.58 Å². The van der Waals surface area contributed by atoms with Crippen molar-refractivity contribution in [2.24, 2.45) is 0 Å². The van der Waals surface area contributed by atoms with E-state index in [1.54, 1.807) is 0 Å². The molecule has 0 fully saturated rings. The Hall–Kier alpha value is 0.0900. The molecule has 0 bridgehead atoms. The largest absolute Gasteiger partial charge is 0.103 e. The van der Waals surface area contributed by atoms with Crippen molar-refractivity contribution in [3.8, 4) is 0 Å². The van der Waals surface area contributed by atoms with E-state index in [9.17, 15) is 0 Å². The van der Waals surface area contributed by atoms with Crippen LogP contribution in [0.5, 0.6) is 0 Å². The zero-order chi connectivity index (χ0) is 3.41. The first-order chi connectivity index (χ1) is 1.91. The van der Waals surface area contributed by atoms with Crippen molar-refractivity contribution in [2.75, 3.05) is 0 Å². The second-order valence-corrected chi connectivity index (χ2v) is 0.697. The van der Waals surface area contributed by atoms with Crippen molar-refractivity contribution in [3.63, 3.8) is 0 Å². The van der Waals surface area contributed by atoms with Crippen molar-refractivity contribution in [1.82, 2.24) is 0 Å². The van der Waals surface area contributed by atoms with E-state index in [1.165, 1.54) is 0 Å². The van der Waals surface area contributed by atoms with E-state index in [0.717, 1.165) is 6.42 Å². The van der Waals surface area contributed by atoms with Gasteiger partial charge in [0.2, 0.25) is 0 Å². The van der Waals surface area contributed by atoms with Crippen LogP contribution in [-0.4, -0.2) is 0 Å². The lowest BCUT2D eigenvalue weighted by atomic mass is 10.5. The molecular formula is C4H8S. The van der Waals surface area contributed by atoms with Crippen molar-refractivity contribution >= 4 is 13.5 Å². The summed E-state index contributed by atoms with van der Waals surface area (Å²) < 4.78 is 0.